The van der Waals surface area contributed by atoms with Gasteiger partial charge < -0.3 is 5.32 Å². The van der Waals surface area contributed by atoms with Crippen molar-refractivity contribution >= 4 is 16.9 Å². The van der Waals surface area contributed by atoms with Gasteiger partial charge in [0.05, 0.1) is 12.1 Å². The van der Waals surface area contributed by atoms with Gasteiger partial charge in [-0.05, 0) is 19.1 Å². The number of aliphatic imine (C=N–C) groups is 1. The topological polar surface area (TPSA) is 24.4 Å². The third kappa shape index (κ3) is 1.39. The van der Waals surface area contributed by atoms with E-state index in [2.05, 4.69) is 16.6 Å². The van der Waals surface area contributed by atoms with Crippen LogP contribution in [0, 0.1) is 0 Å². The summed E-state index contributed by atoms with van der Waals surface area (Å²) < 4.78 is 0. The van der Waals surface area contributed by atoms with Crippen LogP contribution in [0.2, 0.25) is 0 Å². The van der Waals surface area contributed by atoms with Gasteiger partial charge in [-0.15, -0.1) is 0 Å². The van der Waals surface area contributed by atoms with Crippen LogP contribution in [0.5, 0.6) is 0 Å². The van der Waals surface area contributed by atoms with Crippen molar-refractivity contribution in [3.05, 3.63) is 0 Å². The molecule has 2 aliphatic rings. The van der Waals surface area contributed by atoms with E-state index in [0.717, 1.165) is 5.17 Å². The average Bonchev–Trinajstić information content (AvgIpc) is 2.46. The van der Waals surface area contributed by atoms with Crippen molar-refractivity contribution in [1.82, 2.24) is 5.32 Å². The minimum absolute atomic E-state index is 0.603. The fourth-order valence-electron chi connectivity index (χ4n) is 1.89. The van der Waals surface area contributed by atoms with E-state index in [0.29, 0.717) is 12.1 Å². The van der Waals surface area contributed by atoms with E-state index in [1.165, 1.54) is 25.7 Å². The third-order valence-electron chi connectivity index (χ3n) is 2.51. The zero-order valence-corrected chi connectivity index (χ0v) is 7.66. The summed E-state index contributed by atoms with van der Waals surface area (Å²) in [6.45, 7) is 0. The Morgan fingerprint density at radius 3 is 3.00 bits per heavy atom. The first-order chi connectivity index (χ1) is 5.40. The smallest absolute Gasteiger partial charge is 0.156 e. The van der Waals surface area contributed by atoms with Crippen LogP contribution < -0.4 is 5.32 Å². The lowest BCUT2D eigenvalue weighted by molar-refractivity contribution is 0.385. The van der Waals surface area contributed by atoms with Crippen LogP contribution >= 0.6 is 11.8 Å². The Labute approximate surface area is 71.9 Å². The molecule has 1 aliphatic carbocycles. The van der Waals surface area contributed by atoms with Crippen molar-refractivity contribution in [1.29, 1.82) is 0 Å². The lowest BCUT2D eigenvalue weighted by Gasteiger charge is -2.22. The molecule has 0 spiro atoms. The molecule has 11 heavy (non-hydrogen) atoms. The maximum atomic E-state index is 4.60. The Balaban J connectivity index is 2.02. The van der Waals surface area contributed by atoms with Gasteiger partial charge in [-0.25, -0.2) is 0 Å². The summed E-state index contributed by atoms with van der Waals surface area (Å²) in [5.41, 5.74) is 0. The largest absolute Gasteiger partial charge is 0.360 e. The third-order valence-corrected chi connectivity index (χ3v) is 3.12. The highest BCUT2D eigenvalue weighted by Crippen LogP contribution is 2.26. The lowest BCUT2D eigenvalue weighted by atomic mass is 9.92. The molecule has 0 saturated heterocycles. The molecule has 2 nitrogen and oxygen atoms in total. The highest BCUT2D eigenvalue weighted by Gasteiger charge is 2.29. The first-order valence-corrected chi connectivity index (χ1v) is 5.51. The molecule has 62 valence electrons. The van der Waals surface area contributed by atoms with Crippen LogP contribution in [0.25, 0.3) is 0 Å². The fraction of sp³-hybridized carbons (Fsp3) is 0.875. The molecule has 1 aliphatic heterocycles. The first-order valence-electron chi connectivity index (χ1n) is 4.28. The van der Waals surface area contributed by atoms with Gasteiger partial charge in [0.15, 0.2) is 5.17 Å². The van der Waals surface area contributed by atoms with Crippen molar-refractivity contribution < 1.29 is 0 Å². The molecule has 1 saturated carbocycles. The summed E-state index contributed by atoms with van der Waals surface area (Å²) in [7, 11) is 0. The van der Waals surface area contributed by atoms with Crippen LogP contribution in [-0.4, -0.2) is 23.5 Å². The number of rotatable bonds is 0. The molecule has 2 atom stereocenters. The van der Waals surface area contributed by atoms with Crippen LogP contribution in [0.15, 0.2) is 4.99 Å². The van der Waals surface area contributed by atoms with Gasteiger partial charge in [0.25, 0.3) is 0 Å². The van der Waals surface area contributed by atoms with Crippen molar-refractivity contribution in [2.45, 2.75) is 37.8 Å². The van der Waals surface area contributed by atoms with Crippen molar-refractivity contribution in [3.63, 3.8) is 0 Å². The number of thioether (sulfide) groups is 1. The molecule has 1 fully saturated rings. The molecule has 2 rings (SSSR count). The van der Waals surface area contributed by atoms with Crippen LogP contribution in [0.1, 0.15) is 25.7 Å². The molecule has 1 N–H and O–H groups in total. The summed E-state index contributed by atoms with van der Waals surface area (Å²) in [5.74, 6) is 0. The maximum Gasteiger partial charge on any atom is 0.156 e. The van der Waals surface area contributed by atoms with Crippen LogP contribution in [0.3, 0.4) is 0 Å². The predicted molar refractivity (Wildman–Crippen MR) is 50.1 cm³/mol. The first kappa shape index (κ1) is 7.47. The Morgan fingerprint density at radius 1 is 1.45 bits per heavy atom. The average molecular weight is 170 g/mol. The van der Waals surface area contributed by atoms with E-state index in [9.17, 15) is 0 Å². The Hall–Kier alpha value is -0.180. The highest BCUT2D eigenvalue weighted by atomic mass is 32.2. The van der Waals surface area contributed by atoms with E-state index >= 15 is 0 Å². The van der Waals surface area contributed by atoms with Gasteiger partial charge in [0, 0.05) is 0 Å². The second-order valence-electron chi connectivity index (χ2n) is 3.24. The maximum absolute atomic E-state index is 4.60. The van der Waals surface area contributed by atoms with E-state index < -0.39 is 0 Å². The molecule has 0 aromatic carbocycles. The second-order valence-corrected chi connectivity index (χ2v) is 4.04. The number of fused-ring (bicyclic) bond motifs is 1. The summed E-state index contributed by atoms with van der Waals surface area (Å²) in [6.07, 6.45) is 7.45. The van der Waals surface area contributed by atoms with Crippen molar-refractivity contribution in [3.8, 4) is 0 Å². The number of amidine groups is 1. The molecule has 0 unspecified atom stereocenters. The molecule has 3 heteroatoms. The van der Waals surface area contributed by atoms with Crippen LogP contribution in [0.4, 0.5) is 0 Å². The summed E-state index contributed by atoms with van der Waals surface area (Å²) in [4.78, 5) is 4.60. The molecular weight excluding hydrogens is 156 g/mol. The molecule has 0 radical (unpaired) electrons. The van der Waals surface area contributed by atoms with Crippen molar-refractivity contribution in [2.24, 2.45) is 4.99 Å². The Morgan fingerprint density at radius 2 is 2.27 bits per heavy atom. The summed E-state index contributed by atoms with van der Waals surface area (Å²) in [5, 5.41) is 4.61. The van der Waals surface area contributed by atoms with Gasteiger partial charge in [-0.1, -0.05) is 24.6 Å². The highest BCUT2D eigenvalue weighted by molar-refractivity contribution is 8.13. The quantitative estimate of drug-likeness (QED) is 0.597. The minimum Gasteiger partial charge on any atom is -0.360 e. The lowest BCUT2D eigenvalue weighted by Crippen LogP contribution is -2.35. The van der Waals surface area contributed by atoms with Gasteiger partial charge in [-0.3, -0.25) is 4.99 Å². The molecule has 1 heterocycles. The van der Waals surface area contributed by atoms with E-state index in [-0.39, 0.29) is 0 Å². The number of nitrogens with zero attached hydrogens (tertiary/aromatic N) is 1. The zero-order valence-electron chi connectivity index (χ0n) is 6.84. The second kappa shape index (κ2) is 3.05. The Kier molecular flexibility index (Phi) is 2.07. The Bertz CT molecular complexity index is 179. The summed E-state index contributed by atoms with van der Waals surface area (Å²) >= 11 is 1.74. The molecule has 0 aromatic heterocycles. The molecule has 0 bridgehead atoms. The SMILES string of the molecule is CSC1=N[C@H]2CCCC[C@@H]2N1. The van der Waals surface area contributed by atoms with Crippen LogP contribution in [-0.2, 0) is 0 Å². The van der Waals surface area contributed by atoms with Gasteiger partial charge >= 0.3 is 0 Å². The minimum atomic E-state index is 0.603. The number of hydrogen-bond acceptors (Lipinski definition) is 3. The summed E-state index contributed by atoms with van der Waals surface area (Å²) in [6, 6.07) is 1.28. The van der Waals surface area contributed by atoms with E-state index in [4.69, 9.17) is 0 Å². The van der Waals surface area contributed by atoms with E-state index in [1.807, 2.05) is 0 Å². The zero-order chi connectivity index (χ0) is 7.68. The normalized spacial score (nSPS) is 35.9. The molecule has 0 amide bonds. The van der Waals surface area contributed by atoms with Gasteiger partial charge in [0.1, 0.15) is 0 Å². The fourth-order valence-corrected chi connectivity index (χ4v) is 2.40. The standard InChI is InChI=1S/C8H14N2S/c1-11-8-9-6-4-2-3-5-7(6)10-8/h6-7H,2-5H2,1H3,(H,9,10)/t6-,7-/m0/s1. The van der Waals surface area contributed by atoms with Gasteiger partial charge in [-0.2, -0.15) is 0 Å². The molecular formula is C8H14N2S. The number of hydrogen-bond donors (Lipinski definition) is 1. The number of nitrogens with one attached hydrogen (secondary N) is 1. The van der Waals surface area contributed by atoms with Gasteiger partial charge in [0.2, 0.25) is 0 Å². The predicted octanol–water partition coefficient (Wildman–Crippen LogP) is 1.62. The van der Waals surface area contributed by atoms with Crippen molar-refractivity contribution in [2.75, 3.05) is 6.26 Å². The van der Waals surface area contributed by atoms with E-state index in [1.54, 1.807) is 11.8 Å². The monoisotopic (exact) mass is 170 g/mol. The molecule has 0 aromatic rings.